The number of carbonyl (C=O) groups is 2. The molecule has 2 heterocycles. The molecule has 130 valence electrons. The summed E-state index contributed by atoms with van der Waals surface area (Å²) >= 11 is 5.10. The number of amides is 2. The maximum Gasteiger partial charge on any atom is 0.293 e. The zero-order valence-electron chi connectivity index (χ0n) is 13.4. The number of nitrogens with zero attached hydrogens (tertiary/aromatic N) is 1. The Morgan fingerprint density at radius 1 is 1.08 bits per heavy atom. The van der Waals surface area contributed by atoms with Crippen LogP contribution in [0.3, 0.4) is 0 Å². The molecule has 0 saturated carbocycles. The molecule has 0 radical (unpaired) electrons. The summed E-state index contributed by atoms with van der Waals surface area (Å²) in [6.07, 6.45) is 1.41. The van der Waals surface area contributed by atoms with Crippen LogP contribution in [0.1, 0.15) is 20.9 Å². The van der Waals surface area contributed by atoms with Gasteiger partial charge in [-0.3, -0.25) is 14.9 Å². The van der Waals surface area contributed by atoms with Gasteiger partial charge in [0.25, 0.3) is 11.8 Å². The van der Waals surface area contributed by atoms with Crippen LogP contribution in [0.25, 0.3) is 0 Å². The van der Waals surface area contributed by atoms with Crippen LogP contribution in [0, 0.1) is 0 Å². The molecule has 0 atom stereocenters. The molecule has 2 amide bonds. The summed E-state index contributed by atoms with van der Waals surface area (Å²) in [5, 5.41) is 5.56. The van der Waals surface area contributed by atoms with Crippen LogP contribution < -0.4 is 10.6 Å². The molecule has 1 aromatic carbocycles. The lowest BCUT2D eigenvalue weighted by Crippen LogP contribution is -2.40. The molecule has 1 saturated heterocycles. The minimum atomic E-state index is -0.429. The summed E-state index contributed by atoms with van der Waals surface area (Å²) in [5.41, 5.74) is 1.27. The van der Waals surface area contributed by atoms with E-state index in [1.807, 2.05) is 0 Å². The quantitative estimate of drug-likeness (QED) is 0.814. The zero-order chi connectivity index (χ0) is 17.6. The van der Waals surface area contributed by atoms with Crippen LogP contribution in [0.5, 0.6) is 0 Å². The number of thiocarbonyl (C=S) groups is 1. The van der Waals surface area contributed by atoms with Crippen molar-refractivity contribution in [1.29, 1.82) is 0 Å². The van der Waals surface area contributed by atoms with Crippen LogP contribution in [-0.4, -0.2) is 48.1 Å². The van der Waals surface area contributed by atoms with Gasteiger partial charge in [0.05, 0.1) is 19.5 Å². The molecule has 25 heavy (non-hydrogen) atoms. The van der Waals surface area contributed by atoms with Crippen molar-refractivity contribution in [3.63, 3.8) is 0 Å². The first-order chi connectivity index (χ1) is 12.1. The SMILES string of the molecule is O=C(NC(=S)Nc1ccc(C(=O)N2CCOCC2)cc1)c1ccco1. The van der Waals surface area contributed by atoms with Crippen molar-refractivity contribution >= 4 is 34.8 Å². The molecule has 3 rings (SSSR count). The summed E-state index contributed by atoms with van der Waals surface area (Å²) in [6.45, 7) is 2.33. The number of benzene rings is 1. The van der Waals surface area contributed by atoms with E-state index in [1.165, 1.54) is 6.26 Å². The molecule has 7 nitrogen and oxygen atoms in total. The van der Waals surface area contributed by atoms with Crippen molar-refractivity contribution < 1.29 is 18.7 Å². The maximum atomic E-state index is 12.4. The lowest BCUT2D eigenvalue weighted by Gasteiger charge is -2.26. The average Bonchev–Trinajstić information content (AvgIpc) is 3.17. The summed E-state index contributed by atoms with van der Waals surface area (Å²) in [5.74, 6) is -0.277. The van der Waals surface area contributed by atoms with E-state index < -0.39 is 5.91 Å². The van der Waals surface area contributed by atoms with Crippen LogP contribution in [0.2, 0.25) is 0 Å². The second kappa shape index (κ2) is 7.91. The minimum Gasteiger partial charge on any atom is -0.459 e. The van der Waals surface area contributed by atoms with E-state index in [-0.39, 0.29) is 16.8 Å². The van der Waals surface area contributed by atoms with Gasteiger partial charge < -0.3 is 19.4 Å². The number of ether oxygens (including phenoxy) is 1. The molecule has 1 aliphatic rings. The highest BCUT2D eigenvalue weighted by Crippen LogP contribution is 2.13. The molecular weight excluding hydrogens is 342 g/mol. The van der Waals surface area contributed by atoms with Gasteiger partial charge in [0, 0.05) is 24.3 Å². The molecule has 8 heteroatoms. The lowest BCUT2D eigenvalue weighted by molar-refractivity contribution is 0.0303. The molecule has 1 fully saturated rings. The molecular formula is C17H17N3O4S. The van der Waals surface area contributed by atoms with Crippen LogP contribution >= 0.6 is 12.2 Å². The van der Waals surface area contributed by atoms with Crippen LogP contribution in [0.4, 0.5) is 5.69 Å². The zero-order valence-corrected chi connectivity index (χ0v) is 14.2. The summed E-state index contributed by atoms with van der Waals surface area (Å²) in [4.78, 5) is 26.0. The van der Waals surface area contributed by atoms with E-state index in [4.69, 9.17) is 21.4 Å². The number of hydrogen-bond acceptors (Lipinski definition) is 5. The first-order valence-corrected chi connectivity index (χ1v) is 8.17. The Labute approximate surface area is 149 Å². The average molecular weight is 359 g/mol. The smallest absolute Gasteiger partial charge is 0.293 e. The predicted octanol–water partition coefficient (Wildman–Crippen LogP) is 1.88. The normalized spacial score (nSPS) is 14.0. The second-order valence-electron chi connectivity index (χ2n) is 5.37. The molecule has 0 aliphatic carbocycles. The van der Waals surface area contributed by atoms with Gasteiger partial charge in [0.2, 0.25) is 0 Å². The van der Waals surface area contributed by atoms with Gasteiger partial charge >= 0.3 is 0 Å². The Morgan fingerprint density at radius 2 is 1.80 bits per heavy atom. The standard InChI is InChI=1S/C17H17N3O4S/c21-15(14-2-1-9-24-14)19-17(25)18-13-5-3-12(4-6-13)16(22)20-7-10-23-11-8-20/h1-6,9H,7-8,10-11H2,(H2,18,19,21,25). The topological polar surface area (TPSA) is 83.8 Å². The fraction of sp³-hybridized carbons (Fsp3) is 0.235. The summed E-state index contributed by atoms with van der Waals surface area (Å²) in [6, 6.07) is 10.1. The van der Waals surface area contributed by atoms with Crippen molar-refractivity contribution in [3.05, 3.63) is 54.0 Å². The largest absolute Gasteiger partial charge is 0.459 e. The summed E-state index contributed by atoms with van der Waals surface area (Å²) in [7, 11) is 0. The molecule has 2 N–H and O–H groups in total. The Hall–Kier alpha value is -2.71. The molecule has 0 spiro atoms. The number of carbonyl (C=O) groups excluding carboxylic acids is 2. The van der Waals surface area contributed by atoms with Crippen molar-refractivity contribution in [2.24, 2.45) is 0 Å². The van der Waals surface area contributed by atoms with E-state index in [0.29, 0.717) is 37.6 Å². The van der Waals surface area contributed by atoms with Gasteiger partial charge in [0.1, 0.15) is 0 Å². The predicted molar refractivity (Wildman–Crippen MR) is 95.6 cm³/mol. The monoisotopic (exact) mass is 359 g/mol. The molecule has 2 aromatic rings. The number of anilines is 1. The Morgan fingerprint density at radius 3 is 2.44 bits per heavy atom. The van der Waals surface area contributed by atoms with Crippen LogP contribution in [0.15, 0.2) is 47.1 Å². The van der Waals surface area contributed by atoms with Crippen molar-refractivity contribution in [2.75, 3.05) is 31.6 Å². The Bertz CT molecular complexity index is 753. The van der Waals surface area contributed by atoms with Gasteiger partial charge in [-0.05, 0) is 48.6 Å². The first-order valence-electron chi connectivity index (χ1n) is 7.76. The third-order valence-corrected chi connectivity index (χ3v) is 3.86. The Balaban J connectivity index is 1.56. The minimum absolute atomic E-state index is 0.0245. The molecule has 0 bridgehead atoms. The third-order valence-electron chi connectivity index (χ3n) is 3.66. The third kappa shape index (κ3) is 4.43. The lowest BCUT2D eigenvalue weighted by atomic mass is 10.1. The molecule has 1 aromatic heterocycles. The Kier molecular flexibility index (Phi) is 5.42. The van der Waals surface area contributed by atoms with E-state index in [9.17, 15) is 9.59 Å². The summed E-state index contributed by atoms with van der Waals surface area (Å²) < 4.78 is 10.2. The molecule has 0 unspecified atom stereocenters. The fourth-order valence-electron chi connectivity index (χ4n) is 2.38. The highest BCUT2D eigenvalue weighted by molar-refractivity contribution is 7.80. The van der Waals surface area contributed by atoms with Gasteiger partial charge in [-0.25, -0.2) is 0 Å². The number of furan rings is 1. The van der Waals surface area contributed by atoms with E-state index in [2.05, 4.69) is 10.6 Å². The fourth-order valence-corrected chi connectivity index (χ4v) is 2.59. The van der Waals surface area contributed by atoms with Gasteiger partial charge in [-0.1, -0.05) is 0 Å². The second-order valence-corrected chi connectivity index (χ2v) is 5.78. The number of morpholine rings is 1. The number of hydrogen-bond donors (Lipinski definition) is 2. The highest BCUT2D eigenvalue weighted by atomic mass is 32.1. The van der Waals surface area contributed by atoms with Crippen molar-refractivity contribution in [2.45, 2.75) is 0 Å². The first kappa shape index (κ1) is 17.1. The number of nitrogens with one attached hydrogen (secondary N) is 2. The number of rotatable bonds is 3. The van der Waals surface area contributed by atoms with Crippen molar-refractivity contribution in [3.8, 4) is 0 Å². The van der Waals surface area contributed by atoms with Gasteiger partial charge in [0.15, 0.2) is 10.9 Å². The molecule has 1 aliphatic heterocycles. The van der Waals surface area contributed by atoms with E-state index >= 15 is 0 Å². The van der Waals surface area contributed by atoms with Gasteiger partial charge in [-0.15, -0.1) is 0 Å². The maximum absolute atomic E-state index is 12.4. The van der Waals surface area contributed by atoms with Crippen molar-refractivity contribution in [1.82, 2.24) is 10.2 Å². The highest BCUT2D eigenvalue weighted by Gasteiger charge is 2.18. The van der Waals surface area contributed by atoms with Crippen LogP contribution in [-0.2, 0) is 4.74 Å². The van der Waals surface area contributed by atoms with E-state index in [0.717, 1.165) is 0 Å². The van der Waals surface area contributed by atoms with Gasteiger partial charge in [-0.2, -0.15) is 0 Å². The van der Waals surface area contributed by atoms with E-state index in [1.54, 1.807) is 41.3 Å².